The third-order valence-corrected chi connectivity index (χ3v) is 6.07. The highest BCUT2D eigenvalue weighted by atomic mass is 35.5. The monoisotopic (exact) mass is 544 g/mol. The fraction of sp³-hybridized carbons (Fsp3) is 0.192. The Kier molecular flexibility index (Phi) is 10.1. The van der Waals surface area contributed by atoms with Crippen LogP contribution in [0.4, 0.5) is 10.5 Å². The normalized spacial score (nSPS) is 11.9. The molecular weight excluding hydrogens is 523 g/mol. The maximum absolute atomic E-state index is 13.1. The summed E-state index contributed by atoms with van der Waals surface area (Å²) in [4.78, 5) is 13.1. The zero-order chi connectivity index (χ0) is 26.1. The molecule has 10 heteroatoms. The van der Waals surface area contributed by atoms with Gasteiger partial charge in [0.25, 0.3) is 0 Å². The Bertz CT molecular complexity index is 1220. The number of amides is 2. The van der Waals surface area contributed by atoms with Crippen molar-refractivity contribution in [3.8, 4) is 6.07 Å². The third kappa shape index (κ3) is 6.97. The Balaban J connectivity index is 1.98. The number of anilines is 1. The number of hydrogen-bond acceptors (Lipinski definition) is 5. The zero-order valence-corrected chi connectivity index (χ0v) is 21.8. The van der Waals surface area contributed by atoms with Crippen molar-refractivity contribution in [3.63, 3.8) is 0 Å². The number of halogens is 3. The second kappa shape index (κ2) is 13.3. The minimum Gasteiger partial charge on any atom is -0.354 e. The van der Waals surface area contributed by atoms with Gasteiger partial charge < -0.3 is 14.8 Å². The molecular formula is C26H23Cl3N4O3. The second-order valence-electron chi connectivity index (χ2n) is 7.49. The van der Waals surface area contributed by atoms with E-state index in [4.69, 9.17) is 44.3 Å². The zero-order valence-electron chi connectivity index (χ0n) is 19.5. The lowest BCUT2D eigenvalue weighted by Gasteiger charge is -2.22. The summed E-state index contributed by atoms with van der Waals surface area (Å²) in [5.74, 6) is -0.740. The minimum absolute atomic E-state index is 0.0792. The van der Waals surface area contributed by atoms with Gasteiger partial charge in [-0.3, -0.25) is 0 Å². The number of nitriles is 1. The van der Waals surface area contributed by atoms with E-state index in [1.54, 1.807) is 24.3 Å². The highest BCUT2D eigenvalue weighted by Crippen LogP contribution is 2.39. The Labute approximate surface area is 224 Å². The molecule has 2 amide bonds. The summed E-state index contributed by atoms with van der Waals surface area (Å²) < 4.78 is 10.3. The smallest absolute Gasteiger partial charge is 0.342 e. The van der Waals surface area contributed by atoms with Crippen LogP contribution in [-0.2, 0) is 9.47 Å². The standard InChI is InChI=1S/C26H23Cl3N4O3/c1-35-24(36-2)16-31-26(34)33(32-15-17-6-4-3-5-7-17)20-12-22(28)25(23(29)13-20)21(14-30)18-8-10-19(27)11-9-18/h3-13,15,21,24H,16H2,1-2H3,(H,31,34). The van der Waals surface area contributed by atoms with Crippen molar-refractivity contribution < 1.29 is 14.3 Å². The Hall–Kier alpha value is -3.12. The number of ether oxygens (including phenoxy) is 2. The summed E-state index contributed by atoms with van der Waals surface area (Å²) in [6, 6.07) is 20.9. The van der Waals surface area contributed by atoms with Crippen LogP contribution in [0, 0.1) is 11.3 Å². The number of hydrogen-bond donors (Lipinski definition) is 1. The summed E-state index contributed by atoms with van der Waals surface area (Å²) in [7, 11) is 2.94. The SMILES string of the molecule is COC(CNC(=O)N(N=Cc1ccccc1)c1cc(Cl)c(C(C#N)c2ccc(Cl)cc2)c(Cl)c1)OC. The van der Waals surface area contributed by atoms with Crippen molar-refractivity contribution in [2.24, 2.45) is 5.10 Å². The van der Waals surface area contributed by atoms with Gasteiger partial charge in [0.05, 0.1) is 30.4 Å². The van der Waals surface area contributed by atoms with E-state index in [0.29, 0.717) is 21.8 Å². The molecule has 0 radical (unpaired) electrons. The third-order valence-electron chi connectivity index (χ3n) is 5.19. The predicted octanol–water partition coefficient (Wildman–Crippen LogP) is 6.47. The van der Waals surface area contributed by atoms with Crippen molar-refractivity contribution in [2.75, 3.05) is 25.8 Å². The topological polar surface area (TPSA) is 87.0 Å². The number of urea groups is 1. The van der Waals surface area contributed by atoms with Gasteiger partial charge in [-0.05, 0) is 35.4 Å². The van der Waals surface area contributed by atoms with Gasteiger partial charge in [0.15, 0.2) is 6.29 Å². The van der Waals surface area contributed by atoms with Crippen LogP contribution in [0.1, 0.15) is 22.6 Å². The van der Waals surface area contributed by atoms with E-state index in [0.717, 1.165) is 10.6 Å². The maximum Gasteiger partial charge on any atom is 0.342 e. The summed E-state index contributed by atoms with van der Waals surface area (Å²) in [5, 5.41) is 19.0. The van der Waals surface area contributed by atoms with E-state index in [9.17, 15) is 10.1 Å². The average molecular weight is 546 g/mol. The molecule has 1 atom stereocenters. The number of nitrogens with zero attached hydrogens (tertiary/aromatic N) is 3. The largest absolute Gasteiger partial charge is 0.354 e. The molecule has 1 N–H and O–H groups in total. The van der Waals surface area contributed by atoms with Crippen LogP contribution in [0.15, 0.2) is 71.8 Å². The van der Waals surface area contributed by atoms with Gasteiger partial charge in [-0.2, -0.15) is 15.4 Å². The number of hydrazone groups is 1. The lowest BCUT2D eigenvalue weighted by Crippen LogP contribution is -2.41. The number of nitrogens with one attached hydrogen (secondary N) is 1. The van der Waals surface area contributed by atoms with E-state index in [1.807, 2.05) is 30.3 Å². The average Bonchev–Trinajstić information content (AvgIpc) is 2.88. The number of carbonyl (C=O) groups excluding carboxylic acids is 1. The van der Waals surface area contributed by atoms with Crippen molar-refractivity contribution in [2.45, 2.75) is 12.2 Å². The molecule has 3 aromatic carbocycles. The van der Waals surface area contributed by atoms with E-state index in [1.165, 1.54) is 32.6 Å². The maximum atomic E-state index is 13.1. The predicted molar refractivity (Wildman–Crippen MR) is 143 cm³/mol. The fourth-order valence-electron chi connectivity index (χ4n) is 3.34. The number of rotatable bonds is 9. The molecule has 0 aliphatic heterocycles. The molecule has 0 bridgehead atoms. The first-order valence-electron chi connectivity index (χ1n) is 10.7. The summed E-state index contributed by atoms with van der Waals surface area (Å²) in [6.07, 6.45) is 0.893. The van der Waals surface area contributed by atoms with E-state index in [-0.39, 0.29) is 16.6 Å². The molecule has 0 heterocycles. The van der Waals surface area contributed by atoms with Crippen LogP contribution in [0.5, 0.6) is 0 Å². The highest BCUT2D eigenvalue weighted by molar-refractivity contribution is 6.37. The molecule has 0 saturated heterocycles. The van der Waals surface area contributed by atoms with Gasteiger partial charge >= 0.3 is 6.03 Å². The van der Waals surface area contributed by atoms with Gasteiger partial charge in [-0.1, -0.05) is 77.3 Å². The van der Waals surface area contributed by atoms with Crippen molar-refractivity contribution in [1.29, 1.82) is 5.26 Å². The van der Waals surface area contributed by atoms with Crippen molar-refractivity contribution in [1.82, 2.24) is 5.32 Å². The Morgan fingerprint density at radius 3 is 2.22 bits per heavy atom. The molecule has 7 nitrogen and oxygen atoms in total. The number of benzene rings is 3. The molecule has 0 saturated carbocycles. The van der Waals surface area contributed by atoms with Gasteiger partial charge in [0.2, 0.25) is 0 Å². The molecule has 0 aliphatic carbocycles. The van der Waals surface area contributed by atoms with Crippen LogP contribution < -0.4 is 10.3 Å². The Morgan fingerprint density at radius 1 is 1.06 bits per heavy atom. The summed E-state index contributed by atoms with van der Waals surface area (Å²) in [5.41, 5.74) is 2.18. The van der Waals surface area contributed by atoms with Crippen molar-refractivity contribution in [3.05, 3.63) is 98.5 Å². The van der Waals surface area contributed by atoms with Gasteiger partial charge in [-0.15, -0.1) is 0 Å². The van der Waals surface area contributed by atoms with Crippen LogP contribution in [-0.4, -0.2) is 39.3 Å². The highest BCUT2D eigenvalue weighted by Gasteiger charge is 2.24. The number of methoxy groups -OCH3 is 2. The first-order chi connectivity index (χ1) is 17.4. The lowest BCUT2D eigenvalue weighted by atomic mass is 9.92. The van der Waals surface area contributed by atoms with Gasteiger partial charge in [-0.25, -0.2) is 4.79 Å². The lowest BCUT2D eigenvalue weighted by molar-refractivity contribution is -0.0970. The first-order valence-corrected chi connectivity index (χ1v) is 11.9. The molecule has 0 aliphatic rings. The quantitative estimate of drug-likeness (QED) is 0.190. The molecule has 186 valence electrons. The van der Waals surface area contributed by atoms with Gasteiger partial charge in [0.1, 0.15) is 0 Å². The summed E-state index contributed by atoms with van der Waals surface area (Å²) in [6.45, 7) is 0.0792. The van der Waals surface area contributed by atoms with Crippen LogP contribution in [0.25, 0.3) is 0 Å². The summed E-state index contributed by atoms with van der Waals surface area (Å²) >= 11 is 19.2. The molecule has 3 rings (SSSR count). The molecule has 0 aromatic heterocycles. The van der Waals surface area contributed by atoms with Gasteiger partial charge in [0, 0.05) is 34.9 Å². The van der Waals surface area contributed by atoms with E-state index in [2.05, 4.69) is 16.5 Å². The van der Waals surface area contributed by atoms with Crippen LogP contribution in [0.3, 0.4) is 0 Å². The second-order valence-corrected chi connectivity index (χ2v) is 8.74. The van der Waals surface area contributed by atoms with Crippen LogP contribution >= 0.6 is 34.8 Å². The Morgan fingerprint density at radius 2 is 1.67 bits per heavy atom. The molecule has 3 aromatic rings. The van der Waals surface area contributed by atoms with E-state index < -0.39 is 18.2 Å². The fourth-order valence-corrected chi connectivity index (χ4v) is 4.16. The molecule has 0 spiro atoms. The van der Waals surface area contributed by atoms with Crippen LogP contribution in [0.2, 0.25) is 15.1 Å². The van der Waals surface area contributed by atoms with E-state index >= 15 is 0 Å². The molecule has 36 heavy (non-hydrogen) atoms. The molecule has 1 unspecified atom stereocenters. The minimum atomic E-state index is -0.740. The first kappa shape index (κ1) is 27.5. The molecule has 0 fully saturated rings. The number of carbonyl (C=O) groups is 1. The van der Waals surface area contributed by atoms with Crippen molar-refractivity contribution >= 4 is 52.7 Å².